The number of carbonyl (C=O) groups is 1. The Morgan fingerprint density at radius 3 is 2.44 bits per heavy atom. The quantitative estimate of drug-likeness (QED) is 0.787. The van der Waals surface area contributed by atoms with Gasteiger partial charge in [-0.05, 0) is 26.8 Å². The first kappa shape index (κ1) is 12.6. The number of urea groups is 1. The Labute approximate surface area is 96.8 Å². The van der Waals surface area contributed by atoms with E-state index in [-0.39, 0.29) is 6.03 Å². The summed E-state index contributed by atoms with van der Waals surface area (Å²) in [7, 11) is 1.81. The van der Waals surface area contributed by atoms with E-state index >= 15 is 0 Å². The van der Waals surface area contributed by atoms with Crippen LogP contribution in [0.1, 0.15) is 25.2 Å². The first-order valence-corrected chi connectivity index (χ1v) is 5.63. The van der Waals surface area contributed by atoms with Crippen molar-refractivity contribution >= 4 is 6.03 Å². The SMILES string of the molecule is CCN(CC)C(=O)N(C)Cc1ccoc1C. The molecule has 1 heterocycles. The second kappa shape index (κ2) is 5.58. The van der Waals surface area contributed by atoms with Gasteiger partial charge >= 0.3 is 6.03 Å². The van der Waals surface area contributed by atoms with Gasteiger partial charge in [0.2, 0.25) is 0 Å². The van der Waals surface area contributed by atoms with Crippen molar-refractivity contribution in [2.24, 2.45) is 0 Å². The topological polar surface area (TPSA) is 36.7 Å². The molecule has 0 saturated heterocycles. The Bertz CT molecular complexity index is 343. The van der Waals surface area contributed by atoms with E-state index in [2.05, 4.69) is 0 Å². The van der Waals surface area contributed by atoms with Crippen LogP contribution in [0.5, 0.6) is 0 Å². The molecule has 0 aliphatic carbocycles. The van der Waals surface area contributed by atoms with Crippen LogP contribution < -0.4 is 0 Å². The van der Waals surface area contributed by atoms with Crippen molar-refractivity contribution in [1.29, 1.82) is 0 Å². The number of amides is 2. The minimum atomic E-state index is 0.0607. The van der Waals surface area contributed by atoms with Crippen molar-refractivity contribution in [3.8, 4) is 0 Å². The predicted octanol–water partition coefficient (Wildman–Crippen LogP) is 2.48. The second-order valence-electron chi connectivity index (χ2n) is 3.81. The van der Waals surface area contributed by atoms with Gasteiger partial charge in [-0.25, -0.2) is 4.79 Å². The van der Waals surface area contributed by atoms with Gasteiger partial charge < -0.3 is 14.2 Å². The van der Waals surface area contributed by atoms with Crippen molar-refractivity contribution in [3.05, 3.63) is 23.7 Å². The average molecular weight is 224 g/mol. The first-order chi connectivity index (χ1) is 7.60. The van der Waals surface area contributed by atoms with Gasteiger partial charge in [0.1, 0.15) is 5.76 Å². The van der Waals surface area contributed by atoms with Gasteiger partial charge in [0.25, 0.3) is 0 Å². The van der Waals surface area contributed by atoms with Crippen LogP contribution >= 0.6 is 0 Å². The maximum Gasteiger partial charge on any atom is 0.320 e. The Hall–Kier alpha value is -1.45. The maximum atomic E-state index is 12.0. The summed E-state index contributed by atoms with van der Waals surface area (Å²) in [6.45, 7) is 7.95. The fourth-order valence-electron chi connectivity index (χ4n) is 1.63. The predicted molar refractivity (Wildman–Crippen MR) is 63.2 cm³/mol. The number of furan rings is 1. The van der Waals surface area contributed by atoms with Gasteiger partial charge in [0.15, 0.2) is 0 Å². The summed E-state index contributed by atoms with van der Waals surface area (Å²) in [6.07, 6.45) is 1.65. The van der Waals surface area contributed by atoms with E-state index in [1.165, 1.54) is 0 Å². The third-order valence-electron chi connectivity index (χ3n) is 2.73. The number of carbonyl (C=O) groups excluding carboxylic acids is 1. The highest BCUT2D eigenvalue weighted by Crippen LogP contribution is 2.12. The Kier molecular flexibility index (Phi) is 4.40. The summed E-state index contributed by atoms with van der Waals surface area (Å²) in [6, 6.07) is 1.96. The Morgan fingerprint density at radius 1 is 1.38 bits per heavy atom. The highest BCUT2D eigenvalue weighted by Gasteiger charge is 2.16. The van der Waals surface area contributed by atoms with Crippen molar-refractivity contribution < 1.29 is 9.21 Å². The van der Waals surface area contributed by atoms with Crippen LogP contribution in [-0.4, -0.2) is 36.0 Å². The number of rotatable bonds is 4. The van der Waals surface area contributed by atoms with Gasteiger partial charge in [0.05, 0.1) is 12.8 Å². The minimum Gasteiger partial charge on any atom is -0.469 e. The average Bonchev–Trinajstić information content (AvgIpc) is 2.66. The molecule has 0 bridgehead atoms. The van der Waals surface area contributed by atoms with Crippen LogP contribution in [0.3, 0.4) is 0 Å². The zero-order valence-corrected chi connectivity index (χ0v) is 10.5. The second-order valence-corrected chi connectivity index (χ2v) is 3.81. The Morgan fingerprint density at radius 2 is 2.00 bits per heavy atom. The molecule has 0 saturated carbocycles. The maximum absolute atomic E-state index is 12.0. The largest absolute Gasteiger partial charge is 0.469 e. The van der Waals surface area contributed by atoms with Crippen LogP contribution in [0.25, 0.3) is 0 Å². The van der Waals surface area contributed by atoms with E-state index in [1.54, 1.807) is 16.1 Å². The molecule has 0 aromatic carbocycles. The molecule has 4 heteroatoms. The minimum absolute atomic E-state index is 0.0607. The molecule has 0 spiro atoms. The number of hydrogen-bond acceptors (Lipinski definition) is 2. The van der Waals surface area contributed by atoms with Gasteiger partial charge in [-0.1, -0.05) is 0 Å². The first-order valence-electron chi connectivity index (χ1n) is 5.63. The molecule has 1 aromatic rings. The van der Waals surface area contributed by atoms with Crippen LogP contribution in [0, 0.1) is 6.92 Å². The molecule has 0 atom stereocenters. The molecule has 0 N–H and O–H groups in total. The Balaban J connectivity index is 2.62. The summed E-state index contributed by atoms with van der Waals surface area (Å²) in [5.41, 5.74) is 1.06. The molecule has 0 radical (unpaired) electrons. The lowest BCUT2D eigenvalue weighted by Crippen LogP contribution is -2.40. The van der Waals surface area contributed by atoms with E-state index in [0.29, 0.717) is 6.54 Å². The molecule has 2 amide bonds. The van der Waals surface area contributed by atoms with Crippen LogP contribution in [0.4, 0.5) is 4.79 Å². The number of hydrogen-bond donors (Lipinski definition) is 0. The summed E-state index contributed by atoms with van der Waals surface area (Å²) in [5.74, 6) is 0.874. The van der Waals surface area contributed by atoms with Crippen molar-refractivity contribution in [1.82, 2.24) is 9.80 Å². The van der Waals surface area contributed by atoms with Crippen molar-refractivity contribution in [2.75, 3.05) is 20.1 Å². The smallest absolute Gasteiger partial charge is 0.320 e. The van der Waals surface area contributed by atoms with Gasteiger partial charge in [-0.2, -0.15) is 0 Å². The molecule has 90 valence electrons. The molecule has 4 nitrogen and oxygen atoms in total. The summed E-state index contributed by atoms with van der Waals surface area (Å²) < 4.78 is 5.21. The van der Waals surface area contributed by atoms with Gasteiger partial charge in [0, 0.05) is 25.7 Å². The zero-order chi connectivity index (χ0) is 12.1. The number of nitrogens with zero attached hydrogens (tertiary/aromatic N) is 2. The molecule has 0 aliphatic heterocycles. The van der Waals surface area contributed by atoms with Crippen LogP contribution in [0.15, 0.2) is 16.7 Å². The lowest BCUT2D eigenvalue weighted by molar-refractivity contribution is 0.165. The van der Waals surface area contributed by atoms with E-state index in [0.717, 1.165) is 24.4 Å². The summed E-state index contributed by atoms with van der Waals surface area (Å²) >= 11 is 0. The molecule has 16 heavy (non-hydrogen) atoms. The lowest BCUT2D eigenvalue weighted by Gasteiger charge is -2.25. The molecule has 1 aromatic heterocycles. The third-order valence-corrected chi connectivity index (χ3v) is 2.73. The molecular weight excluding hydrogens is 204 g/mol. The molecule has 0 unspecified atom stereocenters. The number of aryl methyl sites for hydroxylation is 1. The van der Waals surface area contributed by atoms with E-state index in [9.17, 15) is 4.79 Å². The summed E-state index contributed by atoms with van der Waals surface area (Å²) in [5, 5.41) is 0. The van der Waals surface area contributed by atoms with Crippen LogP contribution in [-0.2, 0) is 6.54 Å². The molecular formula is C12H20N2O2. The van der Waals surface area contributed by atoms with E-state index in [1.807, 2.05) is 33.9 Å². The normalized spacial score (nSPS) is 10.2. The fraction of sp³-hybridized carbons (Fsp3) is 0.583. The van der Waals surface area contributed by atoms with Gasteiger partial charge in [-0.3, -0.25) is 0 Å². The third kappa shape index (κ3) is 2.78. The lowest BCUT2D eigenvalue weighted by atomic mass is 10.2. The monoisotopic (exact) mass is 224 g/mol. The van der Waals surface area contributed by atoms with E-state index in [4.69, 9.17) is 4.42 Å². The highest BCUT2D eigenvalue weighted by molar-refractivity contribution is 5.74. The molecule has 1 rings (SSSR count). The fourth-order valence-corrected chi connectivity index (χ4v) is 1.63. The van der Waals surface area contributed by atoms with E-state index < -0.39 is 0 Å². The van der Waals surface area contributed by atoms with Crippen molar-refractivity contribution in [2.45, 2.75) is 27.3 Å². The van der Waals surface area contributed by atoms with Gasteiger partial charge in [-0.15, -0.1) is 0 Å². The molecule has 0 fully saturated rings. The summed E-state index contributed by atoms with van der Waals surface area (Å²) in [4.78, 5) is 15.5. The standard InChI is InChI=1S/C12H20N2O2/c1-5-14(6-2)12(15)13(4)9-11-7-8-16-10(11)3/h7-8H,5-6,9H2,1-4H3. The van der Waals surface area contributed by atoms with Crippen molar-refractivity contribution in [3.63, 3.8) is 0 Å². The molecule has 0 aliphatic rings. The van der Waals surface area contributed by atoms with Crippen LogP contribution in [0.2, 0.25) is 0 Å². The highest BCUT2D eigenvalue weighted by atomic mass is 16.3. The zero-order valence-electron chi connectivity index (χ0n) is 10.5.